The fourth-order valence-electron chi connectivity index (χ4n) is 0.953. The molecule has 0 saturated carbocycles. The van der Waals surface area contributed by atoms with Crippen LogP contribution >= 0.6 is 0 Å². The summed E-state index contributed by atoms with van der Waals surface area (Å²) in [6.07, 6.45) is -1.86. The predicted octanol–water partition coefficient (Wildman–Crippen LogP) is 1.60. The van der Waals surface area contributed by atoms with E-state index in [1.54, 1.807) is 18.2 Å². The van der Waals surface area contributed by atoms with Crippen molar-refractivity contribution in [2.24, 2.45) is 5.73 Å². The average Bonchev–Trinajstić information content (AvgIpc) is 2.31. The second-order valence-corrected chi connectivity index (χ2v) is 3.59. The number of hydrogen-bond donors (Lipinski definition) is 3. The van der Waals surface area contributed by atoms with Crippen molar-refractivity contribution in [3.8, 4) is 11.5 Å². The number of primary amides is 1. The van der Waals surface area contributed by atoms with Gasteiger partial charge in [0.25, 0.3) is 0 Å². The van der Waals surface area contributed by atoms with E-state index in [1.807, 2.05) is 25.2 Å². The molecule has 0 aliphatic heterocycles. The lowest BCUT2D eigenvalue weighted by molar-refractivity contribution is 0.158. The van der Waals surface area contributed by atoms with Crippen molar-refractivity contribution in [3.05, 3.63) is 24.3 Å². The third-order valence-corrected chi connectivity index (χ3v) is 1.63. The van der Waals surface area contributed by atoms with Gasteiger partial charge in [0, 0.05) is 7.05 Å². The van der Waals surface area contributed by atoms with Gasteiger partial charge in [-0.2, -0.15) is 0 Å². The van der Waals surface area contributed by atoms with Crippen LogP contribution in [0.3, 0.4) is 0 Å². The first-order valence-electron chi connectivity index (χ1n) is 5.50. The maximum absolute atomic E-state index is 9.99. The van der Waals surface area contributed by atoms with E-state index in [0.717, 1.165) is 0 Å². The second kappa shape index (κ2) is 8.62. The van der Waals surface area contributed by atoms with Crippen molar-refractivity contribution < 1.29 is 24.2 Å². The molecule has 0 bridgehead atoms. The molecule has 0 aliphatic rings. The van der Waals surface area contributed by atoms with Gasteiger partial charge in [-0.3, -0.25) is 0 Å². The fraction of sp³-hybridized carbons (Fsp3) is 0.333. The second-order valence-electron chi connectivity index (χ2n) is 3.59. The topological polar surface area (TPSA) is 111 Å². The molecule has 0 radical (unpaired) electrons. The van der Waals surface area contributed by atoms with E-state index in [4.69, 9.17) is 4.74 Å². The van der Waals surface area contributed by atoms with Gasteiger partial charge in [0.1, 0.15) is 0 Å². The molecule has 106 valence electrons. The molecule has 1 aromatic carbocycles. The van der Waals surface area contributed by atoms with Crippen LogP contribution in [0.2, 0.25) is 0 Å². The number of amides is 2. The number of ether oxygens (including phenoxy) is 2. The molecule has 1 rings (SSSR count). The van der Waals surface area contributed by atoms with Crippen molar-refractivity contribution in [3.63, 3.8) is 0 Å². The van der Waals surface area contributed by atoms with Gasteiger partial charge in [0.15, 0.2) is 11.5 Å². The minimum Gasteiger partial charge on any atom is -0.504 e. The third-order valence-electron chi connectivity index (χ3n) is 1.63. The van der Waals surface area contributed by atoms with Crippen LogP contribution in [0.5, 0.6) is 11.5 Å². The lowest BCUT2D eigenvalue weighted by Gasteiger charge is -2.09. The minimum absolute atomic E-state index is 0.100. The Morgan fingerprint density at radius 3 is 2.26 bits per heavy atom. The quantitative estimate of drug-likeness (QED) is 0.707. The number of phenolic OH excluding ortho intramolecular Hbond substituents is 1. The number of hydrogen-bond acceptors (Lipinski definition) is 5. The van der Waals surface area contributed by atoms with E-state index in [2.05, 4.69) is 10.5 Å². The maximum Gasteiger partial charge on any atom is 0.415 e. The summed E-state index contributed by atoms with van der Waals surface area (Å²) in [5.41, 5.74) is 4.45. The van der Waals surface area contributed by atoms with Crippen molar-refractivity contribution >= 4 is 12.2 Å². The highest BCUT2D eigenvalue weighted by molar-refractivity contribution is 5.82. The van der Waals surface area contributed by atoms with Gasteiger partial charge >= 0.3 is 12.2 Å². The Kier molecular flexibility index (Phi) is 7.51. The van der Waals surface area contributed by atoms with E-state index in [9.17, 15) is 14.7 Å². The number of phenols is 1. The molecule has 0 fully saturated rings. The van der Waals surface area contributed by atoms with Crippen molar-refractivity contribution in [2.45, 2.75) is 20.0 Å². The van der Waals surface area contributed by atoms with Gasteiger partial charge in [-0.15, -0.1) is 0 Å². The molecule has 0 aromatic heterocycles. The highest BCUT2D eigenvalue weighted by Crippen LogP contribution is 2.25. The summed E-state index contributed by atoms with van der Waals surface area (Å²) < 4.78 is 9.08. The first-order chi connectivity index (χ1) is 8.86. The van der Waals surface area contributed by atoms with Crippen LogP contribution in [0.4, 0.5) is 9.59 Å². The van der Waals surface area contributed by atoms with Crippen LogP contribution in [-0.4, -0.2) is 30.4 Å². The highest BCUT2D eigenvalue weighted by atomic mass is 16.6. The Morgan fingerprint density at radius 1 is 1.32 bits per heavy atom. The largest absolute Gasteiger partial charge is 0.504 e. The number of nitrogens with two attached hydrogens (primary N) is 1. The first-order valence-corrected chi connectivity index (χ1v) is 5.50. The summed E-state index contributed by atoms with van der Waals surface area (Å²) in [5, 5.41) is 11.3. The Morgan fingerprint density at radius 2 is 1.89 bits per heavy atom. The Bertz CT molecular complexity index is 420. The van der Waals surface area contributed by atoms with Crippen LogP contribution < -0.4 is 15.8 Å². The third kappa shape index (κ3) is 8.31. The molecule has 0 atom stereocenters. The van der Waals surface area contributed by atoms with Gasteiger partial charge in [0.2, 0.25) is 0 Å². The maximum atomic E-state index is 9.99. The highest BCUT2D eigenvalue weighted by Gasteiger charge is 2.01. The predicted molar refractivity (Wildman–Crippen MR) is 69.0 cm³/mol. The van der Waals surface area contributed by atoms with Crippen molar-refractivity contribution in [1.29, 1.82) is 0 Å². The lowest BCUT2D eigenvalue weighted by Crippen LogP contribution is -2.26. The molecule has 7 heteroatoms. The summed E-state index contributed by atoms with van der Waals surface area (Å²) in [4.78, 5) is 19.7. The monoisotopic (exact) mass is 270 g/mol. The number of rotatable bonds is 2. The molecule has 0 aliphatic carbocycles. The van der Waals surface area contributed by atoms with Crippen LogP contribution in [0.15, 0.2) is 24.3 Å². The van der Waals surface area contributed by atoms with Gasteiger partial charge < -0.3 is 25.6 Å². The van der Waals surface area contributed by atoms with Gasteiger partial charge in [0.05, 0.1) is 6.10 Å². The van der Waals surface area contributed by atoms with E-state index in [0.29, 0.717) is 5.75 Å². The zero-order valence-electron chi connectivity index (χ0n) is 11.0. The molecule has 0 heterocycles. The van der Waals surface area contributed by atoms with E-state index in [1.165, 1.54) is 7.05 Å². The average molecular weight is 270 g/mol. The van der Waals surface area contributed by atoms with E-state index >= 15 is 0 Å². The standard InChI is InChI=1S/C9H12O2.C3H6N2O3/c1-7(2)11-9-6-4-3-5-8(9)10;1-5-3(7)8-2(4)6/h3-7,10H,1-2H3;1H3,(H2,4,6)(H,5,7). The molecule has 4 N–H and O–H groups in total. The molecule has 0 spiro atoms. The van der Waals surface area contributed by atoms with Crippen LogP contribution in [0.1, 0.15) is 13.8 Å². The smallest absolute Gasteiger partial charge is 0.415 e. The number of alkyl carbamates (subject to hydrolysis) is 1. The number of carbonyl (C=O) groups excluding carboxylic acids is 2. The summed E-state index contributed by atoms with van der Waals surface area (Å²) >= 11 is 0. The van der Waals surface area contributed by atoms with Gasteiger partial charge in [-0.25, -0.2) is 9.59 Å². The summed E-state index contributed by atoms with van der Waals surface area (Å²) in [7, 11) is 1.32. The fourth-order valence-corrected chi connectivity index (χ4v) is 0.953. The van der Waals surface area contributed by atoms with E-state index in [-0.39, 0.29) is 11.9 Å². The Balaban J connectivity index is 0.000000362. The molecular weight excluding hydrogens is 252 g/mol. The molecule has 7 nitrogen and oxygen atoms in total. The Hall–Kier alpha value is -2.44. The number of benzene rings is 1. The molecule has 0 saturated heterocycles. The normalized spacial score (nSPS) is 9.05. The summed E-state index contributed by atoms with van der Waals surface area (Å²) in [5.74, 6) is 0.740. The van der Waals surface area contributed by atoms with Crippen LogP contribution in [0.25, 0.3) is 0 Å². The number of carbonyl (C=O) groups is 2. The van der Waals surface area contributed by atoms with Gasteiger partial charge in [-0.05, 0) is 26.0 Å². The number of aromatic hydroxyl groups is 1. The van der Waals surface area contributed by atoms with Crippen molar-refractivity contribution in [2.75, 3.05) is 7.05 Å². The van der Waals surface area contributed by atoms with E-state index < -0.39 is 12.2 Å². The minimum atomic E-state index is -1.11. The molecular formula is C12H18N2O5. The molecule has 19 heavy (non-hydrogen) atoms. The summed E-state index contributed by atoms with van der Waals surface area (Å²) in [6, 6.07) is 6.95. The number of para-hydroxylation sites is 2. The zero-order valence-corrected chi connectivity index (χ0v) is 11.0. The Labute approximate surface area is 111 Å². The van der Waals surface area contributed by atoms with Crippen LogP contribution in [-0.2, 0) is 4.74 Å². The SMILES string of the molecule is CC(C)Oc1ccccc1O.CNC(=O)OC(N)=O. The lowest BCUT2D eigenvalue weighted by atomic mass is 10.3. The van der Waals surface area contributed by atoms with Crippen LogP contribution in [0, 0.1) is 0 Å². The molecule has 2 amide bonds. The zero-order chi connectivity index (χ0) is 14.8. The van der Waals surface area contributed by atoms with Gasteiger partial charge in [-0.1, -0.05) is 12.1 Å². The van der Waals surface area contributed by atoms with Crippen molar-refractivity contribution in [1.82, 2.24) is 5.32 Å². The summed E-state index contributed by atoms with van der Waals surface area (Å²) in [6.45, 7) is 3.85. The molecule has 0 unspecified atom stereocenters. The number of nitrogens with one attached hydrogen (secondary N) is 1. The molecule has 1 aromatic rings. The first kappa shape index (κ1) is 16.6.